The third kappa shape index (κ3) is 4.40. The number of benzene rings is 1. The fourth-order valence-corrected chi connectivity index (χ4v) is 5.33. The van der Waals surface area contributed by atoms with E-state index >= 15 is 0 Å². The van der Waals surface area contributed by atoms with E-state index < -0.39 is 24.1 Å². The van der Waals surface area contributed by atoms with Crippen LogP contribution in [0.4, 0.5) is 31.9 Å². The summed E-state index contributed by atoms with van der Waals surface area (Å²) in [4.78, 5) is 23.9. The molecule has 0 spiro atoms. The van der Waals surface area contributed by atoms with Crippen LogP contribution in [0.5, 0.6) is 5.75 Å². The van der Waals surface area contributed by atoms with Crippen molar-refractivity contribution in [3.8, 4) is 5.75 Å². The monoisotopic (exact) mass is 547 g/mol. The smallest absolute Gasteiger partial charge is 0.301 e. The number of pyridine rings is 1. The lowest BCUT2D eigenvalue weighted by atomic mass is 10.0. The molecular weight excluding hydrogens is 520 g/mol. The van der Waals surface area contributed by atoms with Gasteiger partial charge < -0.3 is 35.3 Å². The van der Waals surface area contributed by atoms with Crippen LogP contribution in [0.3, 0.4) is 0 Å². The van der Waals surface area contributed by atoms with Gasteiger partial charge in [-0.15, -0.1) is 0 Å². The number of aliphatic hydroxyl groups is 1. The van der Waals surface area contributed by atoms with Crippen molar-refractivity contribution in [2.24, 2.45) is 13.0 Å². The lowest BCUT2D eigenvalue weighted by Crippen LogP contribution is -2.53. The Labute approximate surface area is 222 Å². The van der Waals surface area contributed by atoms with E-state index in [-0.39, 0.29) is 30.0 Å². The summed E-state index contributed by atoms with van der Waals surface area (Å²) in [5.74, 6) is -2.62. The Morgan fingerprint density at radius 1 is 1.34 bits per heavy atom. The van der Waals surface area contributed by atoms with E-state index in [9.17, 15) is 18.7 Å². The number of rotatable bonds is 5. The van der Waals surface area contributed by atoms with Gasteiger partial charge in [-0.3, -0.25) is 4.79 Å². The molecule has 2 fully saturated rings. The number of aliphatic hydroxyl groups excluding tert-OH is 1. The molecule has 4 heterocycles. The Hall–Kier alpha value is -3.22. The molecule has 1 saturated carbocycles. The molecule has 0 amide bonds. The first-order chi connectivity index (χ1) is 18.3. The minimum absolute atomic E-state index is 0.0494. The van der Waals surface area contributed by atoms with Gasteiger partial charge in [-0.1, -0.05) is 11.6 Å². The van der Waals surface area contributed by atoms with Crippen molar-refractivity contribution < 1.29 is 18.6 Å². The van der Waals surface area contributed by atoms with Gasteiger partial charge in [-0.05, 0) is 37.0 Å². The minimum Gasteiger partial charge on any atom is -0.480 e. The zero-order chi connectivity index (χ0) is 26.6. The molecule has 0 bridgehead atoms. The van der Waals surface area contributed by atoms with Crippen LogP contribution in [0.1, 0.15) is 12.8 Å². The van der Waals surface area contributed by atoms with E-state index in [1.807, 2.05) is 4.90 Å². The van der Waals surface area contributed by atoms with Crippen molar-refractivity contribution in [2.75, 3.05) is 48.4 Å². The molecule has 4 N–H and O–H groups in total. The second-order valence-corrected chi connectivity index (χ2v) is 10.4. The first-order valence-corrected chi connectivity index (χ1v) is 13.0. The predicted octanol–water partition coefficient (Wildman–Crippen LogP) is 2.71. The number of piperazine rings is 1. The zero-order valence-electron chi connectivity index (χ0n) is 20.7. The fourth-order valence-electron chi connectivity index (χ4n) is 5.19. The number of hydrogen-bond donors (Lipinski definition) is 4. The Morgan fingerprint density at radius 3 is 2.92 bits per heavy atom. The molecule has 1 saturated heterocycles. The van der Waals surface area contributed by atoms with Crippen LogP contribution in [0.25, 0.3) is 10.9 Å². The average Bonchev–Trinajstić information content (AvgIpc) is 3.76. The summed E-state index contributed by atoms with van der Waals surface area (Å²) in [6.45, 7) is 1.06. The molecule has 2 aliphatic heterocycles. The highest BCUT2D eigenvalue weighted by Crippen LogP contribution is 2.45. The number of aryl methyl sites for hydroxylation is 1. The van der Waals surface area contributed by atoms with Gasteiger partial charge in [-0.25, -0.2) is 13.8 Å². The van der Waals surface area contributed by atoms with E-state index in [1.165, 1.54) is 10.8 Å². The van der Waals surface area contributed by atoms with Crippen molar-refractivity contribution >= 4 is 45.6 Å². The lowest BCUT2D eigenvalue weighted by molar-refractivity contribution is -0.0579. The average molecular weight is 548 g/mol. The molecule has 6 rings (SSSR count). The summed E-state index contributed by atoms with van der Waals surface area (Å²) >= 11 is 6.42. The molecule has 0 radical (unpaired) electrons. The van der Waals surface area contributed by atoms with Gasteiger partial charge >= 0.3 is 5.92 Å². The maximum absolute atomic E-state index is 14.9. The van der Waals surface area contributed by atoms with Crippen molar-refractivity contribution in [1.82, 2.24) is 19.9 Å². The van der Waals surface area contributed by atoms with Gasteiger partial charge in [0.15, 0.2) is 12.4 Å². The van der Waals surface area contributed by atoms with E-state index in [2.05, 4.69) is 25.9 Å². The molecule has 2 atom stereocenters. The second-order valence-electron chi connectivity index (χ2n) is 10.0. The summed E-state index contributed by atoms with van der Waals surface area (Å²) in [7, 11) is 1.58. The number of hydrogen-bond acceptors (Lipinski definition) is 9. The summed E-state index contributed by atoms with van der Waals surface area (Å²) in [6, 6.07) is 3.98. The Balaban J connectivity index is 1.39. The molecule has 1 aliphatic carbocycles. The predicted molar refractivity (Wildman–Crippen MR) is 141 cm³/mol. The third-order valence-electron chi connectivity index (χ3n) is 7.42. The summed E-state index contributed by atoms with van der Waals surface area (Å²) in [5.41, 5.74) is 0.939. The second kappa shape index (κ2) is 9.51. The normalized spacial score (nSPS) is 22.8. The molecule has 3 aliphatic rings. The number of nitrogens with zero attached hydrogens (tertiary/aromatic N) is 4. The van der Waals surface area contributed by atoms with Gasteiger partial charge in [0.25, 0.3) is 5.56 Å². The van der Waals surface area contributed by atoms with Crippen LogP contribution in [0.2, 0.25) is 5.02 Å². The first kappa shape index (κ1) is 25.1. The molecule has 0 unspecified atom stereocenters. The molecule has 3 aromatic rings. The number of ether oxygens (including phenoxy) is 1. The van der Waals surface area contributed by atoms with E-state index in [0.29, 0.717) is 59.3 Å². The molecule has 38 heavy (non-hydrogen) atoms. The van der Waals surface area contributed by atoms with Crippen LogP contribution in [-0.2, 0) is 7.05 Å². The van der Waals surface area contributed by atoms with Gasteiger partial charge in [0.2, 0.25) is 11.7 Å². The molecular formula is C25H28ClF2N7O3. The summed E-state index contributed by atoms with van der Waals surface area (Å²) in [5, 5.41) is 20.0. The highest BCUT2D eigenvalue weighted by molar-refractivity contribution is 6.33. The highest BCUT2D eigenvalue weighted by Gasteiger charge is 2.51. The molecule has 1 aromatic carbocycles. The van der Waals surface area contributed by atoms with Crippen LogP contribution in [0, 0.1) is 5.92 Å². The van der Waals surface area contributed by atoms with E-state index in [0.717, 1.165) is 6.54 Å². The third-order valence-corrected chi connectivity index (χ3v) is 7.70. The topological polar surface area (TPSA) is 117 Å². The van der Waals surface area contributed by atoms with Crippen molar-refractivity contribution in [1.29, 1.82) is 0 Å². The highest BCUT2D eigenvalue weighted by atomic mass is 35.5. The molecule has 2 aromatic heterocycles. The van der Waals surface area contributed by atoms with E-state index in [4.69, 9.17) is 16.3 Å². The Kier molecular flexibility index (Phi) is 6.28. The quantitative estimate of drug-likeness (QED) is 0.382. The van der Waals surface area contributed by atoms with Crippen molar-refractivity contribution in [3.63, 3.8) is 0 Å². The van der Waals surface area contributed by atoms with Gasteiger partial charge in [0.05, 0.1) is 36.1 Å². The fraction of sp³-hybridized carbons (Fsp3) is 0.480. The van der Waals surface area contributed by atoms with Gasteiger partial charge in [0.1, 0.15) is 5.02 Å². The number of aromatic nitrogens is 3. The number of anilines is 4. The summed E-state index contributed by atoms with van der Waals surface area (Å²) < 4.78 is 36.6. The number of fused-ring (bicyclic) bond motifs is 3. The standard InChI is InChI=1S/C25H28ClF2N7O3/c1-34-18-5-4-14(31-22-17(26)10-30-24(33-22)35-7-6-29-9-15(35)11-36)8-16(18)19-20(23(34)37)38-12-25(27,28)21(32-19)13-2-3-13/h4-5,8,10,13,15,21,29,32,36H,2-3,6-7,9,11-12H2,1H3,(H,30,31,33)/t15-,21+/m1/s1. The largest absolute Gasteiger partial charge is 0.480 e. The number of nitrogens with one attached hydrogen (secondary N) is 3. The number of alkyl halides is 2. The van der Waals surface area contributed by atoms with Crippen LogP contribution in [0.15, 0.2) is 29.2 Å². The Morgan fingerprint density at radius 2 is 2.16 bits per heavy atom. The molecule has 202 valence electrons. The van der Waals surface area contributed by atoms with E-state index in [1.54, 1.807) is 25.2 Å². The van der Waals surface area contributed by atoms with Gasteiger partial charge in [0, 0.05) is 37.8 Å². The lowest BCUT2D eigenvalue weighted by Gasteiger charge is -2.35. The zero-order valence-corrected chi connectivity index (χ0v) is 21.4. The van der Waals surface area contributed by atoms with Crippen molar-refractivity contribution in [3.05, 3.63) is 39.8 Å². The Bertz CT molecular complexity index is 1450. The maximum atomic E-state index is 14.9. The van der Waals surface area contributed by atoms with Gasteiger partial charge in [-0.2, -0.15) is 4.98 Å². The maximum Gasteiger partial charge on any atom is 0.301 e. The van der Waals surface area contributed by atoms with Crippen LogP contribution < -0.4 is 31.1 Å². The minimum atomic E-state index is -3.12. The van der Waals surface area contributed by atoms with Crippen LogP contribution in [-0.4, -0.2) is 70.5 Å². The molecule has 10 nitrogen and oxygen atoms in total. The van der Waals surface area contributed by atoms with Crippen LogP contribution >= 0.6 is 11.6 Å². The summed E-state index contributed by atoms with van der Waals surface area (Å²) in [6.07, 6.45) is 2.91. The SMILES string of the molecule is Cn1c(=O)c2c(c3cc(Nc4nc(N5CCNC[C@@H]5CO)ncc4Cl)ccc31)N[C@@H](C1CC1)C(F)(F)CO2. The first-order valence-electron chi connectivity index (χ1n) is 12.6. The number of halogens is 3. The molecule has 13 heteroatoms. The van der Waals surface area contributed by atoms with Crippen molar-refractivity contribution in [2.45, 2.75) is 30.8 Å².